The largest absolute Gasteiger partial charge is 0.494 e. The molecule has 11 nitrogen and oxygen atoms in total. The molecule has 0 atom stereocenters. The number of carbonyl (C=O) groups excluding carboxylic acids is 3. The Hall–Kier alpha value is -5.32. The van der Waals surface area contributed by atoms with Gasteiger partial charge in [0.2, 0.25) is 0 Å². The van der Waals surface area contributed by atoms with Crippen LogP contribution in [0.15, 0.2) is 60.7 Å². The van der Waals surface area contributed by atoms with Crippen molar-refractivity contribution in [2.24, 2.45) is 7.05 Å². The highest BCUT2D eigenvalue weighted by Gasteiger charge is 2.23. The van der Waals surface area contributed by atoms with Gasteiger partial charge in [-0.1, -0.05) is 43.2 Å². The number of fused-ring (bicyclic) bond motifs is 2. The third-order valence-electron chi connectivity index (χ3n) is 8.51. The molecule has 0 bridgehead atoms. The van der Waals surface area contributed by atoms with Crippen LogP contribution in [0.3, 0.4) is 0 Å². The number of unbranched alkanes of at least 4 members (excludes halogenated alkanes) is 3. The number of amides is 1. The van der Waals surface area contributed by atoms with E-state index in [1.54, 1.807) is 19.2 Å². The van der Waals surface area contributed by atoms with Crippen LogP contribution in [0.2, 0.25) is 0 Å². The molecule has 0 radical (unpaired) electrons. The fourth-order valence-electron chi connectivity index (χ4n) is 6.32. The molecule has 0 aliphatic heterocycles. The Morgan fingerprint density at radius 3 is 2.23 bits per heavy atom. The second-order valence-corrected chi connectivity index (χ2v) is 14.9. The van der Waals surface area contributed by atoms with Crippen molar-refractivity contribution < 1.29 is 33.3 Å². The summed E-state index contributed by atoms with van der Waals surface area (Å²) in [5.41, 5.74) is 4.93. The third-order valence-corrected chi connectivity index (χ3v) is 8.51. The molecule has 1 amide bonds. The van der Waals surface area contributed by atoms with E-state index in [0.717, 1.165) is 58.9 Å². The van der Waals surface area contributed by atoms with Crippen molar-refractivity contribution in [1.29, 1.82) is 0 Å². The van der Waals surface area contributed by atoms with Gasteiger partial charge >= 0.3 is 18.0 Å². The molecule has 2 heterocycles. The highest BCUT2D eigenvalue weighted by Crippen LogP contribution is 2.37. The maximum atomic E-state index is 12.8. The minimum Gasteiger partial charge on any atom is -0.494 e. The molecular formula is C41H50N4O7. The second kappa shape index (κ2) is 15.5. The third kappa shape index (κ3) is 8.93. The molecule has 52 heavy (non-hydrogen) atoms. The van der Waals surface area contributed by atoms with Crippen LogP contribution in [-0.2, 0) is 32.6 Å². The Bertz CT molecular complexity index is 2100. The van der Waals surface area contributed by atoms with Crippen LogP contribution in [0.4, 0.5) is 10.5 Å². The maximum absolute atomic E-state index is 12.8. The Balaban J connectivity index is 1.53. The fraction of sp³-hybridized carbons (Fsp3) is 0.415. The maximum Gasteiger partial charge on any atom is 0.412 e. The van der Waals surface area contributed by atoms with E-state index in [4.69, 9.17) is 23.9 Å². The van der Waals surface area contributed by atoms with Crippen molar-refractivity contribution in [2.75, 3.05) is 19.5 Å². The van der Waals surface area contributed by atoms with Gasteiger partial charge in [-0.05, 0) is 90.3 Å². The predicted molar refractivity (Wildman–Crippen MR) is 204 cm³/mol. The van der Waals surface area contributed by atoms with Crippen LogP contribution < -0.4 is 10.1 Å². The molecule has 0 unspecified atom stereocenters. The van der Waals surface area contributed by atoms with Crippen LogP contribution in [0, 0.1) is 0 Å². The quantitative estimate of drug-likeness (QED) is 0.0772. The lowest BCUT2D eigenvalue weighted by Crippen LogP contribution is -2.27. The lowest BCUT2D eigenvalue weighted by atomic mass is 10.0. The molecule has 11 heteroatoms. The molecule has 0 aliphatic rings. The molecule has 0 spiro atoms. The summed E-state index contributed by atoms with van der Waals surface area (Å²) in [5, 5.41) is 3.95. The minimum absolute atomic E-state index is 0.173. The van der Waals surface area contributed by atoms with Crippen molar-refractivity contribution in [2.45, 2.75) is 91.4 Å². The zero-order valence-electron chi connectivity index (χ0n) is 31.7. The number of hydrogen-bond acceptors (Lipinski definition) is 8. The summed E-state index contributed by atoms with van der Waals surface area (Å²) >= 11 is 0. The summed E-state index contributed by atoms with van der Waals surface area (Å²) in [6, 6.07) is 19.4. The van der Waals surface area contributed by atoms with Crippen LogP contribution in [0.1, 0.15) is 84.0 Å². The average Bonchev–Trinajstić information content (AvgIpc) is 3.60. The number of para-hydroxylation sites is 1. The fourth-order valence-corrected chi connectivity index (χ4v) is 6.32. The first-order valence-corrected chi connectivity index (χ1v) is 17.7. The van der Waals surface area contributed by atoms with Gasteiger partial charge in [0, 0.05) is 36.5 Å². The monoisotopic (exact) mass is 710 g/mol. The van der Waals surface area contributed by atoms with Gasteiger partial charge in [0.15, 0.2) is 5.82 Å². The van der Waals surface area contributed by atoms with Gasteiger partial charge in [-0.3, -0.25) is 10.1 Å². The predicted octanol–water partition coefficient (Wildman–Crippen LogP) is 9.30. The van der Waals surface area contributed by atoms with E-state index < -0.39 is 23.3 Å². The number of imidazole rings is 1. The summed E-state index contributed by atoms with van der Waals surface area (Å²) in [4.78, 5) is 42.5. The first-order chi connectivity index (χ1) is 24.6. The number of hydrogen-bond donors (Lipinski definition) is 1. The Kier molecular flexibility index (Phi) is 11.3. The molecule has 5 rings (SSSR count). The summed E-state index contributed by atoms with van der Waals surface area (Å²) in [5.74, 6) is 0.586. The van der Waals surface area contributed by atoms with E-state index in [-0.39, 0.29) is 5.97 Å². The van der Waals surface area contributed by atoms with E-state index >= 15 is 0 Å². The van der Waals surface area contributed by atoms with Crippen molar-refractivity contribution >= 4 is 45.7 Å². The topological polar surface area (TPSA) is 123 Å². The molecule has 0 saturated heterocycles. The SMILES string of the molecule is COC(=O)c1cc(OC)c2c(c1)nc(-c1cc3ccc(-c4ccccc4NC(=O)OC(C)(C)C)cc3n1CCCCCCC(=O)OC(C)(C)C)n2C. The van der Waals surface area contributed by atoms with Gasteiger partial charge in [-0.25, -0.2) is 14.6 Å². The number of methoxy groups -OCH3 is 2. The lowest BCUT2D eigenvalue weighted by Gasteiger charge is -2.20. The first kappa shape index (κ1) is 37.9. The van der Waals surface area contributed by atoms with Crippen molar-refractivity contribution in [3.63, 3.8) is 0 Å². The molecule has 276 valence electrons. The summed E-state index contributed by atoms with van der Waals surface area (Å²) < 4.78 is 26.0. The van der Waals surface area contributed by atoms with Crippen LogP contribution in [0.25, 0.3) is 44.6 Å². The number of carbonyl (C=O) groups is 3. The van der Waals surface area contributed by atoms with Crippen LogP contribution in [0.5, 0.6) is 5.75 Å². The van der Waals surface area contributed by atoms with Gasteiger partial charge in [0.05, 0.1) is 36.7 Å². The number of nitrogens with one attached hydrogen (secondary N) is 1. The van der Waals surface area contributed by atoms with E-state index in [9.17, 15) is 14.4 Å². The summed E-state index contributed by atoms with van der Waals surface area (Å²) in [7, 11) is 4.85. The van der Waals surface area contributed by atoms with Gasteiger partial charge in [0.1, 0.15) is 22.5 Å². The number of rotatable bonds is 12. The standard InChI is InChI=1S/C41H50N4O7/c1-40(2,3)51-35(46)18-12-10-11-15-21-45-32-23-26(29-16-13-14-17-30(29)43-39(48)52-41(4,5)6)19-20-27(32)24-33(45)37-42-31-22-28(38(47)50-9)25-34(49-8)36(31)44(37)7/h13-14,16-17,19-20,22-25H,10-12,15,18,21H2,1-9H3,(H,43,48). The van der Waals surface area contributed by atoms with Gasteiger partial charge in [-0.2, -0.15) is 0 Å². The van der Waals surface area contributed by atoms with E-state index in [1.165, 1.54) is 7.11 Å². The van der Waals surface area contributed by atoms with Gasteiger partial charge < -0.3 is 28.1 Å². The summed E-state index contributed by atoms with van der Waals surface area (Å²) in [6.45, 7) is 11.8. The number of ether oxygens (including phenoxy) is 4. The first-order valence-electron chi connectivity index (χ1n) is 17.7. The Labute approximate surface area is 305 Å². The zero-order valence-corrected chi connectivity index (χ0v) is 31.7. The Morgan fingerprint density at radius 1 is 0.827 bits per heavy atom. The lowest BCUT2D eigenvalue weighted by molar-refractivity contribution is -0.154. The number of anilines is 1. The molecule has 2 aromatic heterocycles. The molecule has 1 N–H and O–H groups in total. The molecule has 5 aromatic rings. The zero-order chi connectivity index (χ0) is 37.8. The van der Waals surface area contributed by atoms with Crippen molar-refractivity contribution in [3.05, 3.63) is 66.2 Å². The van der Waals surface area contributed by atoms with E-state index in [0.29, 0.717) is 41.3 Å². The number of benzene rings is 3. The molecular weight excluding hydrogens is 660 g/mol. The number of esters is 2. The van der Waals surface area contributed by atoms with Crippen LogP contribution >= 0.6 is 0 Å². The van der Waals surface area contributed by atoms with Crippen molar-refractivity contribution in [3.8, 4) is 28.4 Å². The molecule has 0 saturated carbocycles. The van der Waals surface area contributed by atoms with Crippen molar-refractivity contribution in [1.82, 2.24) is 14.1 Å². The Morgan fingerprint density at radius 2 is 1.54 bits per heavy atom. The molecule has 0 fully saturated rings. The second-order valence-electron chi connectivity index (χ2n) is 14.9. The van der Waals surface area contributed by atoms with Gasteiger partial charge in [-0.15, -0.1) is 0 Å². The van der Waals surface area contributed by atoms with Crippen LogP contribution in [-0.4, -0.2) is 57.6 Å². The normalized spacial score (nSPS) is 11.9. The minimum atomic E-state index is -0.633. The molecule has 3 aromatic carbocycles. The molecule has 0 aliphatic carbocycles. The highest BCUT2D eigenvalue weighted by molar-refractivity contribution is 5.98. The number of nitrogens with zero attached hydrogens (tertiary/aromatic N) is 3. The van der Waals surface area contributed by atoms with Gasteiger partial charge in [0.25, 0.3) is 0 Å². The van der Waals surface area contributed by atoms with E-state index in [1.807, 2.05) is 83.5 Å². The average molecular weight is 711 g/mol. The summed E-state index contributed by atoms with van der Waals surface area (Å²) in [6.07, 6.45) is 3.31. The number of aromatic nitrogens is 3. The van der Waals surface area contributed by atoms with E-state index in [2.05, 4.69) is 28.1 Å². The highest BCUT2D eigenvalue weighted by atomic mass is 16.6. The number of aryl methyl sites for hydroxylation is 2. The smallest absolute Gasteiger partial charge is 0.412 e.